The van der Waals surface area contributed by atoms with Crippen LogP contribution in [0.5, 0.6) is 0 Å². The first-order valence-electron chi connectivity index (χ1n) is 8.85. The van der Waals surface area contributed by atoms with Crippen LogP contribution >= 0.6 is 0 Å². The van der Waals surface area contributed by atoms with Crippen molar-refractivity contribution in [1.29, 1.82) is 0 Å². The molecule has 2 aliphatic rings. The molecule has 2 heterocycles. The Bertz CT molecular complexity index is 780. The van der Waals surface area contributed by atoms with E-state index in [0.29, 0.717) is 12.2 Å². The van der Waals surface area contributed by atoms with Gasteiger partial charge in [-0.25, -0.2) is 0 Å². The van der Waals surface area contributed by atoms with E-state index in [-0.39, 0.29) is 11.7 Å². The van der Waals surface area contributed by atoms with E-state index < -0.39 is 5.92 Å². The van der Waals surface area contributed by atoms with E-state index in [1.807, 2.05) is 60.7 Å². The summed E-state index contributed by atoms with van der Waals surface area (Å²) in [6.45, 7) is 2.59. The second kappa shape index (κ2) is 6.73. The molecule has 4 heteroatoms. The monoisotopic (exact) mass is 334 g/mol. The highest BCUT2D eigenvalue weighted by atomic mass is 16.3. The fourth-order valence-electron chi connectivity index (χ4n) is 3.76. The summed E-state index contributed by atoms with van der Waals surface area (Å²) in [7, 11) is 0. The maximum atomic E-state index is 13.2. The SMILES string of the molecule is O=C1[C@H](CN2CCCC2)C(O)=C(c2ccccc2)N1c1ccccc1. The molecule has 1 atom stereocenters. The molecule has 1 fully saturated rings. The fourth-order valence-corrected chi connectivity index (χ4v) is 3.76. The normalized spacial score (nSPS) is 21.4. The third kappa shape index (κ3) is 2.94. The van der Waals surface area contributed by atoms with Crippen LogP contribution in [0.15, 0.2) is 66.4 Å². The number of likely N-dealkylation sites (tertiary alicyclic amines) is 1. The smallest absolute Gasteiger partial charge is 0.243 e. The Morgan fingerprint density at radius 3 is 2.16 bits per heavy atom. The number of para-hydroxylation sites is 1. The first-order valence-corrected chi connectivity index (χ1v) is 8.85. The van der Waals surface area contributed by atoms with Gasteiger partial charge in [-0.1, -0.05) is 48.5 Å². The lowest BCUT2D eigenvalue weighted by atomic mass is 10.1. The lowest BCUT2D eigenvalue weighted by Crippen LogP contribution is -2.35. The maximum absolute atomic E-state index is 13.2. The zero-order valence-corrected chi connectivity index (χ0v) is 14.1. The maximum Gasteiger partial charge on any atom is 0.243 e. The van der Waals surface area contributed by atoms with E-state index in [1.54, 1.807) is 4.90 Å². The third-order valence-electron chi connectivity index (χ3n) is 5.02. The van der Waals surface area contributed by atoms with Crippen LogP contribution in [0.25, 0.3) is 5.70 Å². The minimum absolute atomic E-state index is 0.0468. The van der Waals surface area contributed by atoms with Gasteiger partial charge in [-0.15, -0.1) is 0 Å². The van der Waals surface area contributed by atoms with E-state index in [4.69, 9.17) is 0 Å². The number of hydrogen-bond acceptors (Lipinski definition) is 3. The molecular formula is C21H22N2O2. The van der Waals surface area contributed by atoms with Crippen molar-refractivity contribution in [3.8, 4) is 0 Å². The van der Waals surface area contributed by atoms with E-state index >= 15 is 0 Å². The van der Waals surface area contributed by atoms with Crippen LogP contribution in [0.1, 0.15) is 18.4 Å². The molecule has 2 aliphatic heterocycles. The Balaban J connectivity index is 1.75. The number of rotatable bonds is 4. The molecule has 1 N–H and O–H groups in total. The first-order chi connectivity index (χ1) is 12.3. The number of nitrogens with zero attached hydrogens (tertiary/aromatic N) is 2. The quantitative estimate of drug-likeness (QED) is 0.928. The second-order valence-corrected chi connectivity index (χ2v) is 6.67. The standard InChI is InChI=1S/C21H22N2O2/c24-20-18(15-22-13-7-8-14-22)21(25)23(17-11-5-2-6-12-17)19(20)16-9-3-1-4-10-16/h1-6,9-12,18,24H,7-8,13-15H2/t18-/m1/s1. The molecule has 128 valence electrons. The van der Waals surface area contributed by atoms with Crippen molar-refractivity contribution >= 4 is 17.3 Å². The number of aliphatic hydroxyl groups excluding tert-OH is 1. The zero-order chi connectivity index (χ0) is 17.2. The number of hydrogen-bond donors (Lipinski definition) is 1. The van der Waals surface area contributed by atoms with Crippen molar-refractivity contribution in [2.75, 3.05) is 24.5 Å². The van der Waals surface area contributed by atoms with Gasteiger partial charge in [0.05, 0.1) is 5.70 Å². The Labute approximate surface area is 148 Å². The lowest BCUT2D eigenvalue weighted by Gasteiger charge is -2.22. The molecule has 25 heavy (non-hydrogen) atoms. The Hall–Kier alpha value is -2.59. The summed E-state index contributed by atoms with van der Waals surface area (Å²) in [6, 6.07) is 19.2. The van der Waals surface area contributed by atoms with Crippen molar-refractivity contribution in [3.05, 3.63) is 72.0 Å². The largest absolute Gasteiger partial charge is 0.509 e. The van der Waals surface area contributed by atoms with Crippen LogP contribution in [-0.2, 0) is 4.79 Å². The Morgan fingerprint density at radius 2 is 1.52 bits per heavy atom. The van der Waals surface area contributed by atoms with Crippen LogP contribution in [0, 0.1) is 5.92 Å². The van der Waals surface area contributed by atoms with Gasteiger partial charge < -0.3 is 10.0 Å². The van der Waals surface area contributed by atoms with Gasteiger partial charge in [-0.2, -0.15) is 0 Å². The van der Waals surface area contributed by atoms with Gasteiger partial charge in [-0.3, -0.25) is 9.69 Å². The number of carbonyl (C=O) groups is 1. The van der Waals surface area contributed by atoms with Crippen molar-refractivity contribution in [2.45, 2.75) is 12.8 Å². The summed E-state index contributed by atoms with van der Waals surface area (Å²) in [6.07, 6.45) is 2.33. The molecule has 0 bridgehead atoms. The summed E-state index contributed by atoms with van der Waals surface area (Å²) in [5, 5.41) is 11.0. The van der Waals surface area contributed by atoms with Gasteiger partial charge in [0.2, 0.25) is 5.91 Å². The van der Waals surface area contributed by atoms with Crippen molar-refractivity contribution < 1.29 is 9.90 Å². The molecule has 0 aliphatic carbocycles. The van der Waals surface area contributed by atoms with Crippen LogP contribution in [0.3, 0.4) is 0 Å². The van der Waals surface area contributed by atoms with Gasteiger partial charge >= 0.3 is 0 Å². The number of carbonyl (C=O) groups excluding carboxylic acids is 1. The van der Waals surface area contributed by atoms with E-state index in [1.165, 1.54) is 12.8 Å². The molecule has 2 aromatic carbocycles. The number of aliphatic hydroxyl groups is 1. The van der Waals surface area contributed by atoms with E-state index in [9.17, 15) is 9.90 Å². The Kier molecular flexibility index (Phi) is 4.28. The van der Waals surface area contributed by atoms with Crippen LogP contribution in [0.4, 0.5) is 5.69 Å². The summed E-state index contributed by atoms with van der Waals surface area (Å²) in [5.41, 5.74) is 2.27. The number of amides is 1. The average molecular weight is 334 g/mol. The average Bonchev–Trinajstić information content (AvgIpc) is 3.25. The van der Waals surface area contributed by atoms with Gasteiger partial charge in [0, 0.05) is 17.8 Å². The van der Waals surface area contributed by atoms with Crippen molar-refractivity contribution in [2.24, 2.45) is 5.92 Å². The van der Waals surface area contributed by atoms with Gasteiger partial charge in [-0.05, 0) is 38.1 Å². The number of anilines is 1. The molecule has 4 nitrogen and oxygen atoms in total. The van der Waals surface area contributed by atoms with Crippen LogP contribution < -0.4 is 4.90 Å². The third-order valence-corrected chi connectivity index (χ3v) is 5.02. The summed E-state index contributed by atoms with van der Waals surface area (Å²) in [5.74, 6) is -0.352. The molecule has 0 saturated carbocycles. The molecule has 1 amide bonds. The zero-order valence-electron chi connectivity index (χ0n) is 14.1. The number of benzene rings is 2. The topological polar surface area (TPSA) is 43.8 Å². The summed E-state index contributed by atoms with van der Waals surface area (Å²) < 4.78 is 0. The molecule has 4 rings (SSSR count). The van der Waals surface area contributed by atoms with E-state index in [0.717, 1.165) is 24.3 Å². The highest BCUT2D eigenvalue weighted by Crippen LogP contribution is 2.38. The van der Waals surface area contributed by atoms with E-state index in [2.05, 4.69) is 4.90 Å². The second-order valence-electron chi connectivity index (χ2n) is 6.67. The van der Waals surface area contributed by atoms with Crippen molar-refractivity contribution in [3.63, 3.8) is 0 Å². The molecule has 1 saturated heterocycles. The summed E-state index contributed by atoms with van der Waals surface area (Å²) >= 11 is 0. The van der Waals surface area contributed by atoms with Crippen LogP contribution in [0.2, 0.25) is 0 Å². The highest BCUT2D eigenvalue weighted by Gasteiger charge is 2.42. The highest BCUT2D eigenvalue weighted by molar-refractivity contribution is 6.13. The molecular weight excluding hydrogens is 312 g/mol. The molecule has 0 aromatic heterocycles. The predicted molar refractivity (Wildman–Crippen MR) is 99.1 cm³/mol. The van der Waals surface area contributed by atoms with Gasteiger partial charge in [0.25, 0.3) is 0 Å². The first kappa shape index (κ1) is 15.9. The molecule has 2 aromatic rings. The minimum atomic E-state index is -0.492. The molecule has 0 radical (unpaired) electrons. The minimum Gasteiger partial charge on any atom is -0.509 e. The van der Waals surface area contributed by atoms with Gasteiger partial charge in [0.1, 0.15) is 11.7 Å². The molecule has 0 unspecified atom stereocenters. The van der Waals surface area contributed by atoms with Crippen LogP contribution in [-0.4, -0.2) is 35.5 Å². The van der Waals surface area contributed by atoms with Crippen molar-refractivity contribution in [1.82, 2.24) is 4.90 Å². The Morgan fingerprint density at radius 1 is 0.920 bits per heavy atom. The lowest BCUT2D eigenvalue weighted by molar-refractivity contribution is -0.120. The molecule has 0 spiro atoms. The summed E-state index contributed by atoms with van der Waals surface area (Å²) in [4.78, 5) is 17.1. The predicted octanol–water partition coefficient (Wildman–Crippen LogP) is 3.67. The fraction of sp³-hybridized carbons (Fsp3) is 0.286. The van der Waals surface area contributed by atoms with Gasteiger partial charge in [0.15, 0.2) is 0 Å².